The Morgan fingerprint density at radius 3 is 2.94 bits per heavy atom. The van der Waals surface area contributed by atoms with Crippen LogP contribution in [0.15, 0.2) is 24.3 Å². The summed E-state index contributed by atoms with van der Waals surface area (Å²) in [5, 5.41) is 9.79. The zero-order valence-electron chi connectivity index (χ0n) is 8.90. The van der Waals surface area contributed by atoms with Gasteiger partial charge in [0.15, 0.2) is 0 Å². The zero-order valence-corrected chi connectivity index (χ0v) is 9.71. The Balaban J connectivity index is 2.50. The summed E-state index contributed by atoms with van der Waals surface area (Å²) in [7, 11) is 1.68. The molecular formula is C12H8FNO2S. The maximum Gasteiger partial charge on any atom is 0.352 e. The number of carbonyl (C=O) groups is 1. The van der Waals surface area contributed by atoms with Crippen molar-refractivity contribution in [2.75, 3.05) is 0 Å². The second-order valence-corrected chi connectivity index (χ2v) is 4.88. The van der Waals surface area contributed by atoms with E-state index >= 15 is 0 Å². The highest BCUT2D eigenvalue weighted by atomic mass is 32.1. The Labute approximate surface area is 99.7 Å². The first-order valence-electron chi connectivity index (χ1n) is 4.99. The van der Waals surface area contributed by atoms with Gasteiger partial charge < -0.3 is 9.67 Å². The molecule has 5 heteroatoms. The number of aryl methyl sites for hydroxylation is 1. The maximum atomic E-state index is 13.6. The minimum Gasteiger partial charge on any atom is -0.477 e. The maximum absolute atomic E-state index is 13.6. The average molecular weight is 249 g/mol. The van der Waals surface area contributed by atoms with E-state index in [0.29, 0.717) is 4.70 Å². The third-order valence-corrected chi connectivity index (χ3v) is 4.00. The lowest BCUT2D eigenvalue weighted by atomic mass is 10.2. The van der Waals surface area contributed by atoms with E-state index in [1.807, 2.05) is 6.07 Å². The predicted octanol–water partition coefficient (Wildman–Crippen LogP) is 3.23. The average Bonchev–Trinajstić information content (AvgIpc) is 2.78. The lowest BCUT2D eigenvalue weighted by molar-refractivity contribution is 0.0687. The Morgan fingerprint density at radius 1 is 1.47 bits per heavy atom. The lowest BCUT2D eigenvalue weighted by Gasteiger charge is -1.99. The number of benzene rings is 1. The molecule has 0 bridgehead atoms. The fraction of sp³-hybridized carbons (Fsp3) is 0.0833. The van der Waals surface area contributed by atoms with Crippen molar-refractivity contribution in [1.29, 1.82) is 0 Å². The van der Waals surface area contributed by atoms with Gasteiger partial charge in [0.25, 0.3) is 0 Å². The van der Waals surface area contributed by atoms with Crippen LogP contribution in [-0.2, 0) is 7.05 Å². The van der Waals surface area contributed by atoms with Crippen molar-refractivity contribution in [3.63, 3.8) is 0 Å². The highest BCUT2D eigenvalue weighted by Gasteiger charge is 2.17. The van der Waals surface area contributed by atoms with Crippen LogP contribution >= 0.6 is 11.3 Å². The Bertz CT molecular complexity index is 757. The second kappa shape index (κ2) is 3.30. The molecule has 1 N–H and O–H groups in total. The standard InChI is InChI=1S/C12H8FNO2S/c1-14-8(12(15)16)5-9-10(14)6-3-2-4-7(13)11(6)17-9/h2-5H,1H3,(H,15,16). The summed E-state index contributed by atoms with van der Waals surface area (Å²) in [5.74, 6) is -1.24. The summed E-state index contributed by atoms with van der Waals surface area (Å²) in [5.41, 5.74) is 0.999. The van der Waals surface area contributed by atoms with Gasteiger partial charge in [0.1, 0.15) is 11.5 Å². The van der Waals surface area contributed by atoms with Gasteiger partial charge in [-0.3, -0.25) is 0 Å². The normalized spacial score (nSPS) is 11.4. The monoisotopic (exact) mass is 249 g/mol. The number of hydrogen-bond donors (Lipinski definition) is 1. The molecule has 86 valence electrons. The number of carboxylic acids is 1. The van der Waals surface area contributed by atoms with Gasteiger partial charge in [0.05, 0.1) is 14.9 Å². The molecule has 3 rings (SSSR count). The molecule has 0 aliphatic carbocycles. The number of fused-ring (bicyclic) bond motifs is 3. The molecule has 2 aromatic heterocycles. The van der Waals surface area contributed by atoms with E-state index < -0.39 is 5.97 Å². The molecule has 0 radical (unpaired) electrons. The van der Waals surface area contributed by atoms with Gasteiger partial charge >= 0.3 is 5.97 Å². The van der Waals surface area contributed by atoms with Crippen LogP contribution in [0.4, 0.5) is 4.39 Å². The van der Waals surface area contributed by atoms with E-state index in [1.54, 1.807) is 23.7 Å². The van der Waals surface area contributed by atoms with Crippen LogP contribution < -0.4 is 0 Å². The number of thiophene rings is 1. The molecule has 3 aromatic rings. The van der Waals surface area contributed by atoms with Gasteiger partial charge in [-0.2, -0.15) is 0 Å². The molecule has 3 nitrogen and oxygen atoms in total. The van der Waals surface area contributed by atoms with Gasteiger partial charge in [0, 0.05) is 12.4 Å². The summed E-state index contributed by atoms with van der Waals surface area (Å²) in [4.78, 5) is 11.0. The topological polar surface area (TPSA) is 42.2 Å². The summed E-state index contributed by atoms with van der Waals surface area (Å²) >= 11 is 1.28. The van der Waals surface area contributed by atoms with Gasteiger partial charge in [-0.15, -0.1) is 11.3 Å². The van der Waals surface area contributed by atoms with E-state index in [2.05, 4.69) is 0 Å². The molecule has 0 atom stereocenters. The van der Waals surface area contributed by atoms with Crippen molar-refractivity contribution in [3.05, 3.63) is 35.8 Å². The largest absolute Gasteiger partial charge is 0.477 e. The summed E-state index contributed by atoms with van der Waals surface area (Å²) in [6.45, 7) is 0. The molecule has 0 spiro atoms. The molecule has 0 saturated carbocycles. The Morgan fingerprint density at radius 2 is 2.24 bits per heavy atom. The minimum atomic E-state index is -0.972. The molecule has 0 unspecified atom stereocenters. The molecule has 17 heavy (non-hydrogen) atoms. The van der Waals surface area contributed by atoms with E-state index in [9.17, 15) is 9.18 Å². The number of hydrogen-bond acceptors (Lipinski definition) is 2. The van der Waals surface area contributed by atoms with Crippen LogP contribution in [0.25, 0.3) is 20.3 Å². The number of halogens is 1. The predicted molar refractivity (Wildman–Crippen MR) is 65.2 cm³/mol. The van der Waals surface area contributed by atoms with Gasteiger partial charge in [-0.25, -0.2) is 9.18 Å². The highest BCUT2D eigenvalue weighted by molar-refractivity contribution is 7.25. The molecule has 0 fully saturated rings. The smallest absolute Gasteiger partial charge is 0.352 e. The summed E-state index contributed by atoms with van der Waals surface area (Å²) in [6.07, 6.45) is 0. The number of carboxylic acid groups (broad SMARTS) is 1. The molecule has 2 heterocycles. The Kier molecular flexibility index (Phi) is 2.00. The molecule has 0 amide bonds. The second-order valence-electron chi connectivity index (χ2n) is 3.83. The number of aromatic carboxylic acids is 1. The molecule has 1 aromatic carbocycles. The fourth-order valence-electron chi connectivity index (χ4n) is 2.08. The van der Waals surface area contributed by atoms with Crippen LogP contribution in [0.1, 0.15) is 10.5 Å². The first kappa shape index (κ1) is 10.3. The van der Waals surface area contributed by atoms with Crippen molar-refractivity contribution in [3.8, 4) is 0 Å². The van der Waals surface area contributed by atoms with Crippen molar-refractivity contribution < 1.29 is 14.3 Å². The van der Waals surface area contributed by atoms with E-state index in [-0.39, 0.29) is 11.5 Å². The number of rotatable bonds is 1. The molecule has 0 saturated heterocycles. The SMILES string of the molecule is Cn1c(C(=O)O)cc2sc3c(F)cccc3c21. The van der Waals surface area contributed by atoms with Crippen molar-refractivity contribution in [2.24, 2.45) is 7.05 Å². The van der Waals surface area contributed by atoms with E-state index in [4.69, 9.17) is 5.11 Å². The summed E-state index contributed by atoms with van der Waals surface area (Å²) < 4.78 is 16.5. The Hall–Kier alpha value is -1.88. The number of aromatic nitrogens is 1. The number of nitrogens with zero attached hydrogens (tertiary/aromatic N) is 1. The van der Waals surface area contributed by atoms with Gasteiger partial charge in [0.2, 0.25) is 0 Å². The van der Waals surface area contributed by atoms with Gasteiger partial charge in [-0.05, 0) is 12.1 Å². The fourth-order valence-corrected chi connectivity index (χ4v) is 3.25. The lowest BCUT2D eigenvalue weighted by Crippen LogP contribution is -2.03. The molecular weight excluding hydrogens is 241 g/mol. The third-order valence-electron chi connectivity index (χ3n) is 2.85. The minimum absolute atomic E-state index is 0.220. The third kappa shape index (κ3) is 1.29. The van der Waals surface area contributed by atoms with Crippen molar-refractivity contribution in [1.82, 2.24) is 4.57 Å². The van der Waals surface area contributed by atoms with Crippen molar-refractivity contribution in [2.45, 2.75) is 0 Å². The zero-order chi connectivity index (χ0) is 12.2. The van der Waals surface area contributed by atoms with Crippen LogP contribution in [-0.4, -0.2) is 15.6 Å². The molecule has 0 aliphatic rings. The van der Waals surface area contributed by atoms with E-state index in [1.165, 1.54) is 17.4 Å². The summed E-state index contributed by atoms with van der Waals surface area (Å²) in [6, 6.07) is 6.44. The first-order valence-corrected chi connectivity index (χ1v) is 5.81. The van der Waals surface area contributed by atoms with Crippen LogP contribution in [0.3, 0.4) is 0 Å². The molecule has 0 aliphatic heterocycles. The van der Waals surface area contributed by atoms with Crippen LogP contribution in [0.5, 0.6) is 0 Å². The van der Waals surface area contributed by atoms with E-state index in [0.717, 1.165) is 15.6 Å². The van der Waals surface area contributed by atoms with Crippen LogP contribution in [0, 0.1) is 5.82 Å². The van der Waals surface area contributed by atoms with Crippen molar-refractivity contribution >= 4 is 37.6 Å². The first-order chi connectivity index (χ1) is 8.09. The van der Waals surface area contributed by atoms with Crippen LogP contribution in [0.2, 0.25) is 0 Å². The quantitative estimate of drug-likeness (QED) is 0.719. The van der Waals surface area contributed by atoms with Gasteiger partial charge in [-0.1, -0.05) is 12.1 Å². The highest BCUT2D eigenvalue weighted by Crippen LogP contribution is 2.36.